The lowest BCUT2D eigenvalue weighted by Gasteiger charge is -2.24. The maximum absolute atomic E-state index is 12.8. The van der Waals surface area contributed by atoms with E-state index in [-0.39, 0.29) is 5.91 Å². The van der Waals surface area contributed by atoms with Gasteiger partial charge in [-0.2, -0.15) is 5.10 Å². The normalized spacial score (nSPS) is 11.3. The Balaban J connectivity index is 1.76. The molecule has 3 aromatic rings. The van der Waals surface area contributed by atoms with Gasteiger partial charge in [0.2, 0.25) is 5.91 Å². The van der Waals surface area contributed by atoms with Crippen molar-refractivity contribution >= 4 is 27.7 Å². The van der Waals surface area contributed by atoms with Crippen LogP contribution in [-0.4, -0.2) is 15.7 Å². The van der Waals surface area contributed by atoms with E-state index in [0.29, 0.717) is 12.4 Å². The third-order valence-electron chi connectivity index (χ3n) is 4.27. The highest BCUT2D eigenvalue weighted by atomic mass is 79.9. The van der Waals surface area contributed by atoms with E-state index in [1.807, 2.05) is 74.5 Å². The standard InChI is InChI=1S/C20H20BrN3O/c1-20(2,16-6-4-3-5-7-16)19(25)23-18-12-13-22-24(18)14-15-8-10-17(21)11-9-15/h3-13H,14H2,1-2H3,(H,23,25). The van der Waals surface area contributed by atoms with Crippen LogP contribution in [0, 0.1) is 0 Å². The van der Waals surface area contributed by atoms with Gasteiger partial charge in [0.05, 0.1) is 18.2 Å². The first-order chi connectivity index (χ1) is 12.0. The minimum absolute atomic E-state index is 0.0590. The summed E-state index contributed by atoms with van der Waals surface area (Å²) in [6.45, 7) is 4.45. The summed E-state index contributed by atoms with van der Waals surface area (Å²) >= 11 is 3.44. The van der Waals surface area contributed by atoms with Gasteiger partial charge in [-0.25, -0.2) is 4.68 Å². The first-order valence-electron chi connectivity index (χ1n) is 8.10. The van der Waals surface area contributed by atoms with Gasteiger partial charge in [-0.15, -0.1) is 0 Å². The van der Waals surface area contributed by atoms with Crippen molar-refractivity contribution in [3.8, 4) is 0 Å². The van der Waals surface area contributed by atoms with Gasteiger partial charge < -0.3 is 5.32 Å². The molecule has 0 spiro atoms. The molecule has 0 unspecified atom stereocenters. The third kappa shape index (κ3) is 3.99. The van der Waals surface area contributed by atoms with Crippen LogP contribution in [0.5, 0.6) is 0 Å². The van der Waals surface area contributed by atoms with Crippen molar-refractivity contribution in [3.63, 3.8) is 0 Å². The number of benzene rings is 2. The Hall–Kier alpha value is -2.40. The van der Waals surface area contributed by atoms with E-state index in [1.54, 1.807) is 10.9 Å². The van der Waals surface area contributed by atoms with E-state index >= 15 is 0 Å². The van der Waals surface area contributed by atoms with Crippen molar-refractivity contribution in [1.82, 2.24) is 9.78 Å². The molecule has 128 valence electrons. The van der Waals surface area contributed by atoms with Crippen LogP contribution in [0.1, 0.15) is 25.0 Å². The quantitative estimate of drug-likeness (QED) is 0.682. The molecule has 3 rings (SSSR count). The number of nitrogens with one attached hydrogen (secondary N) is 1. The predicted molar refractivity (Wildman–Crippen MR) is 104 cm³/mol. The fourth-order valence-corrected chi connectivity index (χ4v) is 2.85. The average molecular weight is 398 g/mol. The summed E-state index contributed by atoms with van der Waals surface area (Å²) in [6, 6.07) is 19.7. The summed E-state index contributed by atoms with van der Waals surface area (Å²) in [5, 5.41) is 7.35. The van der Waals surface area contributed by atoms with Crippen LogP contribution in [0.3, 0.4) is 0 Å². The second-order valence-electron chi connectivity index (χ2n) is 6.45. The Morgan fingerprint density at radius 3 is 2.44 bits per heavy atom. The van der Waals surface area contributed by atoms with Gasteiger partial charge in [0.1, 0.15) is 5.82 Å². The van der Waals surface area contributed by atoms with Crippen LogP contribution in [0.15, 0.2) is 71.3 Å². The molecule has 0 radical (unpaired) electrons. The lowest BCUT2D eigenvalue weighted by molar-refractivity contribution is -0.120. The van der Waals surface area contributed by atoms with Crippen molar-refractivity contribution < 1.29 is 4.79 Å². The number of amides is 1. The Morgan fingerprint density at radius 1 is 1.08 bits per heavy atom. The van der Waals surface area contributed by atoms with Gasteiger partial charge in [0.15, 0.2) is 0 Å². The largest absolute Gasteiger partial charge is 0.310 e. The molecule has 0 saturated heterocycles. The van der Waals surface area contributed by atoms with Crippen LogP contribution in [0.2, 0.25) is 0 Å². The molecule has 0 aliphatic rings. The maximum atomic E-state index is 12.8. The SMILES string of the molecule is CC(C)(C(=O)Nc1ccnn1Cc1ccc(Br)cc1)c1ccccc1. The highest BCUT2D eigenvalue weighted by Gasteiger charge is 2.30. The number of carbonyl (C=O) groups excluding carboxylic acids is 1. The van der Waals surface area contributed by atoms with E-state index in [9.17, 15) is 4.79 Å². The molecule has 0 saturated carbocycles. The predicted octanol–water partition coefficient (Wildman–Crippen LogP) is 4.61. The Bertz CT molecular complexity index is 854. The molecule has 1 aromatic heterocycles. The van der Waals surface area contributed by atoms with Crippen LogP contribution < -0.4 is 5.32 Å². The van der Waals surface area contributed by atoms with E-state index in [2.05, 4.69) is 26.3 Å². The second-order valence-corrected chi connectivity index (χ2v) is 7.36. The Labute approximate surface area is 156 Å². The van der Waals surface area contributed by atoms with Gasteiger partial charge >= 0.3 is 0 Å². The van der Waals surface area contributed by atoms with Crippen LogP contribution in [0.25, 0.3) is 0 Å². The number of aromatic nitrogens is 2. The van der Waals surface area contributed by atoms with Gasteiger partial charge in [-0.1, -0.05) is 58.4 Å². The number of nitrogens with zero attached hydrogens (tertiary/aromatic N) is 2. The van der Waals surface area contributed by atoms with E-state index in [4.69, 9.17) is 0 Å². The zero-order valence-electron chi connectivity index (χ0n) is 14.2. The summed E-state index contributed by atoms with van der Waals surface area (Å²) in [7, 11) is 0. The molecule has 0 aliphatic heterocycles. The highest BCUT2D eigenvalue weighted by molar-refractivity contribution is 9.10. The number of hydrogen-bond donors (Lipinski definition) is 1. The fourth-order valence-electron chi connectivity index (χ4n) is 2.59. The molecule has 0 atom stereocenters. The molecule has 4 nitrogen and oxygen atoms in total. The van der Waals surface area contributed by atoms with Crippen molar-refractivity contribution in [2.75, 3.05) is 5.32 Å². The van der Waals surface area contributed by atoms with Crippen molar-refractivity contribution in [2.24, 2.45) is 0 Å². The molecular weight excluding hydrogens is 378 g/mol. The fraction of sp³-hybridized carbons (Fsp3) is 0.200. The number of rotatable bonds is 5. The average Bonchev–Trinajstić information content (AvgIpc) is 3.04. The molecule has 2 aromatic carbocycles. The van der Waals surface area contributed by atoms with Crippen LogP contribution >= 0.6 is 15.9 Å². The minimum Gasteiger partial charge on any atom is -0.310 e. The summed E-state index contributed by atoms with van der Waals surface area (Å²) < 4.78 is 2.83. The number of carbonyl (C=O) groups is 1. The molecule has 0 bridgehead atoms. The summed E-state index contributed by atoms with van der Waals surface area (Å²) in [5.41, 5.74) is 1.46. The lowest BCUT2D eigenvalue weighted by atomic mass is 9.84. The number of halogens is 1. The summed E-state index contributed by atoms with van der Waals surface area (Å²) in [4.78, 5) is 12.8. The zero-order chi connectivity index (χ0) is 17.9. The van der Waals surface area contributed by atoms with Crippen LogP contribution in [0.4, 0.5) is 5.82 Å². The Kier molecular flexibility index (Phi) is 5.04. The van der Waals surface area contributed by atoms with Gasteiger partial charge in [-0.05, 0) is 37.1 Å². The maximum Gasteiger partial charge on any atom is 0.235 e. The molecule has 5 heteroatoms. The van der Waals surface area contributed by atoms with Crippen molar-refractivity contribution in [2.45, 2.75) is 25.8 Å². The summed E-state index contributed by atoms with van der Waals surface area (Å²) in [5.74, 6) is 0.633. The first-order valence-corrected chi connectivity index (χ1v) is 8.89. The topological polar surface area (TPSA) is 46.9 Å². The zero-order valence-corrected chi connectivity index (χ0v) is 15.8. The van der Waals surface area contributed by atoms with E-state index in [1.165, 1.54) is 0 Å². The van der Waals surface area contributed by atoms with E-state index in [0.717, 1.165) is 15.6 Å². The smallest absolute Gasteiger partial charge is 0.235 e. The van der Waals surface area contributed by atoms with E-state index < -0.39 is 5.41 Å². The van der Waals surface area contributed by atoms with Gasteiger partial charge in [-0.3, -0.25) is 4.79 Å². The third-order valence-corrected chi connectivity index (χ3v) is 4.80. The molecular formula is C20H20BrN3O. The monoisotopic (exact) mass is 397 g/mol. The molecule has 0 aliphatic carbocycles. The number of anilines is 1. The number of hydrogen-bond acceptors (Lipinski definition) is 2. The van der Waals surface area contributed by atoms with Gasteiger partial charge in [0.25, 0.3) is 0 Å². The lowest BCUT2D eigenvalue weighted by Crippen LogP contribution is -2.35. The van der Waals surface area contributed by atoms with Crippen LogP contribution in [-0.2, 0) is 16.8 Å². The molecule has 0 fully saturated rings. The first kappa shape index (κ1) is 17.4. The molecule has 1 heterocycles. The van der Waals surface area contributed by atoms with Crippen molar-refractivity contribution in [3.05, 3.63) is 82.5 Å². The molecule has 25 heavy (non-hydrogen) atoms. The van der Waals surface area contributed by atoms with Gasteiger partial charge in [0, 0.05) is 10.5 Å². The van der Waals surface area contributed by atoms with Crippen molar-refractivity contribution in [1.29, 1.82) is 0 Å². The summed E-state index contributed by atoms with van der Waals surface area (Å²) in [6.07, 6.45) is 1.70. The Morgan fingerprint density at radius 2 is 1.76 bits per heavy atom. The second kappa shape index (κ2) is 7.23. The highest BCUT2D eigenvalue weighted by Crippen LogP contribution is 2.25. The molecule has 1 amide bonds. The minimum atomic E-state index is -0.631. The molecule has 1 N–H and O–H groups in total.